The molecule has 15 rings (SSSR count). The maximum Gasteiger partial charge on any atom is 0.159 e. The zero-order valence-electron chi connectivity index (χ0n) is 46.3. The summed E-state index contributed by atoms with van der Waals surface area (Å²) in [6, 6.07) is 80.0. The van der Waals surface area contributed by atoms with Gasteiger partial charge in [-0.25, -0.2) is 0 Å². The number of benzene rings is 12. The lowest BCUT2D eigenvalue weighted by Crippen LogP contribution is -2.14. The predicted molar refractivity (Wildman–Crippen MR) is 341 cm³/mol. The van der Waals surface area contributed by atoms with E-state index < -0.39 is 0 Å². The highest BCUT2D eigenvalue weighted by Crippen LogP contribution is 2.56. The molecule has 4 heteroatoms. The maximum absolute atomic E-state index is 13.1. The minimum absolute atomic E-state index is 0.256. The summed E-state index contributed by atoms with van der Waals surface area (Å²) in [5.41, 5.74) is 20.6. The van der Waals surface area contributed by atoms with Crippen molar-refractivity contribution in [1.82, 2.24) is 0 Å². The van der Waals surface area contributed by atoms with E-state index in [0.717, 1.165) is 102 Å². The van der Waals surface area contributed by atoms with Gasteiger partial charge in [0.1, 0.15) is 11.3 Å². The molecule has 2 aliphatic carbocycles. The summed E-state index contributed by atoms with van der Waals surface area (Å²) in [6.07, 6.45) is 9.53. The molecule has 1 N–H and O–H groups in total. The van der Waals surface area contributed by atoms with Gasteiger partial charge >= 0.3 is 0 Å². The number of phenols is 1. The fraction of sp³-hybridized carbons (Fsp3) is 0.169. The molecule has 13 aromatic rings. The van der Waals surface area contributed by atoms with Gasteiger partial charge in [-0.15, -0.1) is 0 Å². The zero-order chi connectivity index (χ0) is 54.3. The van der Waals surface area contributed by atoms with Gasteiger partial charge in [-0.3, -0.25) is 0 Å². The predicted octanol–water partition coefficient (Wildman–Crippen LogP) is 22.4. The summed E-state index contributed by atoms with van der Waals surface area (Å²) in [5.74, 6) is 1.08. The first-order valence-corrected chi connectivity index (χ1v) is 29.4. The first-order valence-electron chi connectivity index (χ1n) is 29.4. The molecule has 0 saturated heterocycles. The van der Waals surface area contributed by atoms with E-state index in [1.807, 2.05) is 0 Å². The number of phenolic OH excluding ortho intramolecular Hbond substituents is 1. The highest BCUT2D eigenvalue weighted by Gasteiger charge is 2.32. The van der Waals surface area contributed by atoms with Crippen molar-refractivity contribution in [1.29, 1.82) is 0 Å². The molecule has 2 fully saturated rings. The fourth-order valence-corrected chi connectivity index (χ4v) is 14.4. The van der Waals surface area contributed by atoms with E-state index in [0.29, 0.717) is 11.8 Å². The van der Waals surface area contributed by atoms with Crippen molar-refractivity contribution in [2.75, 3.05) is 9.80 Å². The molecule has 0 amide bonds. The summed E-state index contributed by atoms with van der Waals surface area (Å²) in [5, 5.41) is 23.0. The van der Waals surface area contributed by atoms with Crippen LogP contribution in [0.5, 0.6) is 5.75 Å². The number of aryl methyl sites for hydroxylation is 3. The minimum atomic E-state index is 0.256. The normalized spacial score (nSPS) is 14.2. The number of anilines is 6. The number of nitrogens with zero attached hydrogens (tertiary/aromatic N) is 2. The molecular formula is C77H64N2O2. The minimum Gasteiger partial charge on any atom is -0.505 e. The lowest BCUT2D eigenvalue weighted by molar-refractivity contribution is 0.478. The van der Waals surface area contributed by atoms with Gasteiger partial charge in [-0.2, -0.15) is 0 Å². The number of para-hydroxylation sites is 4. The summed E-state index contributed by atoms with van der Waals surface area (Å²) in [4.78, 5) is 4.89. The molecule has 394 valence electrons. The van der Waals surface area contributed by atoms with E-state index >= 15 is 0 Å². The summed E-state index contributed by atoms with van der Waals surface area (Å²) < 4.78 is 7.29. The number of rotatable bonds is 11. The van der Waals surface area contributed by atoms with Crippen LogP contribution in [0.4, 0.5) is 34.1 Å². The van der Waals surface area contributed by atoms with Crippen molar-refractivity contribution in [2.45, 2.75) is 84.0 Å². The van der Waals surface area contributed by atoms with Gasteiger partial charge in [-0.05, 0) is 173 Å². The monoisotopic (exact) mass is 1050 g/mol. The molecule has 2 saturated carbocycles. The van der Waals surface area contributed by atoms with Gasteiger partial charge in [-0.1, -0.05) is 201 Å². The Labute approximate surface area is 474 Å². The molecule has 1 heterocycles. The molecule has 0 spiro atoms. The number of fused-ring (bicyclic) bond motifs is 3. The molecule has 1 aromatic heterocycles. The Hall–Kier alpha value is -9.12. The maximum atomic E-state index is 13.1. The Bertz CT molecular complexity index is 4540. The molecule has 0 aliphatic heterocycles. The van der Waals surface area contributed by atoms with Crippen LogP contribution in [0.15, 0.2) is 223 Å². The van der Waals surface area contributed by atoms with Crippen LogP contribution in [-0.2, 0) is 0 Å². The Morgan fingerprint density at radius 1 is 0.358 bits per heavy atom. The molecule has 0 radical (unpaired) electrons. The Balaban J connectivity index is 1.02. The second-order valence-corrected chi connectivity index (χ2v) is 23.2. The number of hydrogen-bond acceptors (Lipinski definition) is 4. The molecule has 2 aliphatic rings. The third kappa shape index (κ3) is 8.17. The number of aromatic hydroxyl groups is 1. The average Bonchev–Trinajstić information content (AvgIpc) is 3.52. The van der Waals surface area contributed by atoms with Crippen molar-refractivity contribution in [3.05, 3.63) is 246 Å². The van der Waals surface area contributed by atoms with Crippen molar-refractivity contribution in [2.24, 2.45) is 0 Å². The third-order valence-electron chi connectivity index (χ3n) is 18.4. The van der Waals surface area contributed by atoms with Crippen molar-refractivity contribution < 1.29 is 9.52 Å². The van der Waals surface area contributed by atoms with E-state index in [1.54, 1.807) is 0 Å². The lowest BCUT2D eigenvalue weighted by Gasteiger charge is -2.33. The van der Waals surface area contributed by atoms with E-state index in [1.165, 1.54) is 98.7 Å². The van der Waals surface area contributed by atoms with Crippen LogP contribution in [0.2, 0.25) is 0 Å². The van der Waals surface area contributed by atoms with E-state index in [4.69, 9.17) is 4.42 Å². The molecular weight excluding hydrogens is 985 g/mol. The first kappa shape index (κ1) is 49.0. The van der Waals surface area contributed by atoms with Gasteiger partial charge in [0.05, 0.1) is 22.7 Å². The van der Waals surface area contributed by atoms with Crippen LogP contribution in [0.3, 0.4) is 0 Å². The molecule has 81 heavy (non-hydrogen) atoms. The van der Waals surface area contributed by atoms with Crippen LogP contribution < -0.4 is 9.80 Å². The van der Waals surface area contributed by atoms with E-state index in [9.17, 15) is 5.11 Å². The third-order valence-corrected chi connectivity index (χ3v) is 18.4. The molecule has 0 unspecified atom stereocenters. The largest absolute Gasteiger partial charge is 0.505 e. The lowest BCUT2D eigenvalue weighted by atomic mass is 9.82. The van der Waals surface area contributed by atoms with Crippen molar-refractivity contribution in [3.63, 3.8) is 0 Å². The molecule has 0 bridgehead atoms. The van der Waals surface area contributed by atoms with Gasteiger partial charge in [0.2, 0.25) is 0 Å². The Morgan fingerprint density at radius 2 is 0.852 bits per heavy atom. The summed E-state index contributed by atoms with van der Waals surface area (Å²) in [7, 11) is 0. The van der Waals surface area contributed by atoms with E-state index in [-0.39, 0.29) is 5.75 Å². The van der Waals surface area contributed by atoms with Crippen LogP contribution in [0, 0.1) is 20.8 Å². The average molecular weight is 1050 g/mol. The summed E-state index contributed by atoms with van der Waals surface area (Å²) >= 11 is 0. The number of furan rings is 1. The second kappa shape index (κ2) is 19.9. The zero-order valence-corrected chi connectivity index (χ0v) is 46.3. The fourth-order valence-electron chi connectivity index (χ4n) is 14.4. The van der Waals surface area contributed by atoms with Gasteiger partial charge in [0.15, 0.2) is 5.58 Å². The quantitative estimate of drug-likeness (QED) is 0.131. The highest BCUT2D eigenvalue weighted by atomic mass is 16.3. The molecule has 12 aromatic carbocycles. The van der Waals surface area contributed by atoms with Crippen molar-refractivity contribution >= 4 is 88.4 Å². The molecule has 0 atom stereocenters. The standard InChI is InChI=1S/C77H64N2O2/c1-48-37-39-56(40-38-48)78(70-36-18-33-63-62-32-16-31-59(76(62)81-77(63)70)51-21-5-4-6-22-51)71-46-66(52-23-9-10-24-52)60-42-44-65-72(47-67(53-25-11-12-26-53)61-41-43-64(71)73(60)74(61)65)79(68-34-14-8-20-50(68)3)69-35-17-30-58(75(69)80)55-28-15-27-54(45-55)57-29-13-7-19-49(57)2/h4-8,13-22,27-47,52-53,80H,9-12,23-26H2,1-3H3. The van der Waals surface area contributed by atoms with Gasteiger partial charge in [0.25, 0.3) is 0 Å². The Kier molecular flexibility index (Phi) is 12.0. The second-order valence-electron chi connectivity index (χ2n) is 23.2. The Morgan fingerprint density at radius 3 is 1.52 bits per heavy atom. The SMILES string of the molecule is Cc1ccc(N(c2cc(C3CCCC3)c3ccc4c(N(c5ccccc5C)c5cccc(-c6cccc(-c7ccccc7C)c6)c5O)cc(C5CCCC5)c5ccc2c3c54)c2cccc3c2oc2c(-c4ccccc4)cccc23)cc1. The van der Waals surface area contributed by atoms with Crippen LogP contribution in [-0.4, -0.2) is 5.11 Å². The van der Waals surface area contributed by atoms with Gasteiger partial charge in [0, 0.05) is 44.0 Å². The highest BCUT2D eigenvalue weighted by molar-refractivity contribution is 6.30. The molecule has 4 nitrogen and oxygen atoms in total. The topological polar surface area (TPSA) is 39.9 Å². The van der Waals surface area contributed by atoms with Gasteiger partial charge < -0.3 is 19.3 Å². The first-order chi connectivity index (χ1) is 39.9. The number of hydrogen-bond donors (Lipinski definition) is 1. The van der Waals surface area contributed by atoms with Crippen LogP contribution in [0.1, 0.15) is 91.0 Å². The van der Waals surface area contributed by atoms with Crippen molar-refractivity contribution in [3.8, 4) is 39.1 Å². The summed E-state index contributed by atoms with van der Waals surface area (Å²) in [6.45, 7) is 6.54. The van der Waals surface area contributed by atoms with E-state index in [2.05, 4.69) is 249 Å². The smallest absolute Gasteiger partial charge is 0.159 e. The van der Waals surface area contributed by atoms with Crippen LogP contribution >= 0.6 is 0 Å². The van der Waals surface area contributed by atoms with Crippen LogP contribution in [0.25, 0.3) is 87.6 Å².